The van der Waals surface area contributed by atoms with E-state index < -0.39 is 5.82 Å². The molecule has 2 amide bonds. The fourth-order valence-corrected chi connectivity index (χ4v) is 3.49. The van der Waals surface area contributed by atoms with E-state index in [4.69, 9.17) is 16.3 Å². The number of carbonyl (C=O) groups is 1. The standard InChI is InChI=1S/C18H19ClFN5O2/c1-12-11-27-16-9-13(19)14(20)10-15(16)25(12)18(26)24-7-5-23(6-8-24)17-21-3-2-4-22-17/h2-4,9-10,12H,5-8,11H2,1H3. The zero-order valence-corrected chi connectivity index (χ0v) is 15.6. The first kappa shape index (κ1) is 17.8. The first-order valence-corrected chi connectivity index (χ1v) is 9.14. The smallest absolute Gasteiger partial charge is 0.325 e. The van der Waals surface area contributed by atoms with Gasteiger partial charge < -0.3 is 14.5 Å². The van der Waals surface area contributed by atoms with E-state index in [9.17, 15) is 9.18 Å². The summed E-state index contributed by atoms with van der Waals surface area (Å²) in [6.45, 7) is 4.55. The Bertz CT molecular complexity index is 845. The molecule has 4 rings (SSSR count). The molecule has 0 N–H and O–H groups in total. The van der Waals surface area contributed by atoms with Crippen molar-refractivity contribution in [1.82, 2.24) is 14.9 Å². The van der Waals surface area contributed by atoms with E-state index in [1.165, 1.54) is 12.1 Å². The highest BCUT2D eigenvalue weighted by Crippen LogP contribution is 2.38. The maximum Gasteiger partial charge on any atom is 0.325 e. The molecule has 27 heavy (non-hydrogen) atoms. The molecule has 1 saturated heterocycles. The Kier molecular flexibility index (Phi) is 4.73. The number of halogens is 2. The number of ether oxygens (including phenoxy) is 1. The van der Waals surface area contributed by atoms with Crippen LogP contribution < -0.4 is 14.5 Å². The lowest BCUT2D eigenvalue weighted by Gasteiger charge is -2.41. The van der Waals surface area contributed by atoms with Gasteiger partial charge in [-0.3, -0.25) is 4.90 Å². The van der Waals surface area contributed by atoms with Crippen LogP contribution in [0.4, 0.5) is 20.8 Å². The summed E-state index contributed by atoms with van der Waals surface area (Å²) < 4.78 is 19.6. The third-order valence-corrected chi connectivity index (χ3v) is 5.06. The van der Waals surface area contributed by atoms with Crippen molar-refractivity contribution in [1.29, 1.82) is 0 Å². The van der Waals surface area contributed by atoms with Crippen molar-refractivity contribution in [3.8, 4) is 5.75 Å². The molecule has 1 aromatic heterocycles. The van der Waals surface area contributed by atoms with Crippen LogP contribution in [-0.4, -0.2) is 59.7 Å². The molecule has 2 aliphatic rings. The lowest BCUT2D eigenvalue weighted by Crippen LogP contribution is -2.56. The fraction of sp³-hybridized carbons (Fsp3) is 0.389. The topological polar surface area (TPSA) is 61.8 Å². The van der Waals surface area contributed by atoms with Gasteiger partial charge in [-0.2, -0.15) is 0 Å². The number of fused-ring (bicyclic) bond motifs is 1. The second-order valence-electron chi connectivity index (χ2n) is 6.57. The molecular formula is C18H19ClFN5O2. The molecular weight excluding hydrogens is 373 g/mol. The average molecular weight is 392 g/mol. The van der Waals surface area contributed by atoms with E-state index in [2.05, 4.69) is 9.97 Å². The number of urea groups is 1. The maximum atomic E-state index is 14.0. The van der Waals surface area contributed by atoms with Crippen LogP contribution >= 0.6 is 11.6 Å². The summed E-state index contributed by atoms with van der Waals surface area (Å²) in [6, 6.07) is 4.08. The van der Waals surface area contributed by atoms with Crippen molar-refractivity contribution in [2.24, 2.45) is 0 Å². The second kappa shape index (κ2) is 7.19. The zero-order chi connectivity index (χ0) is 19.0. The molecule has 7 nitrogen and oxygen atoms in total. The van der Waals surface area contributed by atoms with Crippen LogP contribution in [0.5, 0.6) is 5.75 Å². The van der Waals surface area contributed by atoms with Gasteiger partial charge in [0.05, 0.1) is 16.8 Å². The fourth-order valence-electron chi connectivity index (χ4n) is 3.34. The third kappa shape index (κ3) is 3.37. The molecule has 0 spiro atoms. The normalized spacial score (nSPS) is 19.5. The molecule has 2 aliphatic heterocycles. The van der Waals surface area contributed by atoms with E-state index in [0.717, 1.165) is 0 Å². The predicted octanol–water partition coefficient (Wildman–Crippen LogP) is 2.80. The summed E-state index contributed by atoms with van der Waals surface area (Å²) in [5.74, 6) is 0.507. The van der Waals surface area contributed by atoms with Gasteiger partial charge in [0.15, 0.2) is 0 Å². The van der Waals surface area contributed by atoms with E-state index in [-0.39, 0.29) is 17.1 Å². The molecule has 142 valence electrons. The largest absolute Gasteiger partial charge is 0.489 e. The Hall–Kier alpha value is -2.61. The molecule has 0 bridgehead atoms. The number of nitrogens with zero attached hydrogens (tertiary/aromatic N) is 5. The molecule has 3 heterocycles. The average Bonchev–Trinajstić information content (AvgIpc) is 2.70. The highest BCUT2D eigenvalue weighted by molar-refractivity contribution is 6.31. The minimum Gasteiger partial charge on any atom is -0.489 e. The summed E-state index contributed by atoms with van der Waals surface area (Å²) >= 11 is 5.85. The number of aromatic nitrogens is 2. The van der Waals surface area contributed by atoms with Gasteiger partial charge in [-0.05, 0) is 13.0 Å². The summed E-state index contributed by atoms with van der Waals surface area (Å²) in [7, 11) is 0. The number of anilines is 2. The number of hydrogen-bond donors (Lipinski definition) is 0. The summed E-state index contributed by atoms with van der Waals surface area (Å²) in [5, 5.41) is -0.0211. The molecule has 9 heteroatoms. The lowest BCUT2D eigenvalue weighted by molar-refractivity contribution is 0.190. The second-order valence-corrected chi connectivity index (χ2v) is 6.98. The maximum absolute atomic E-state index is 14.0. The Balaban J connectivity index is 1.51. The Morgan fingerprint density at radius 1 is 1.22 bits per heavy atom. The van der Waals surface area contributed by atoms with Gasteiger partial charge in [0.1, 0.15) is 18.2 Å². The predicted molar refractivity (Wildman–Crippen MR) is 100 cm³/mol. The van der Waals surface area contributed by atoms with Crippen molar-refractivity contribution in [2.45, 2.75) is 13.0 Å². The van der Waals surface area contributed by atoms with Crippen molar-refractivity contribution in [2.75, 3.05) is 42.6 Å². The van der Waals surface area contributed by atoms with Crippen molar-refractivity contribution >= 4 is 29.3 Å². The Labute approximate surface area is 161 Å². The zero-order valence-electron chi connectivity index (χ0n) is 14.8. The minimum absolute atomic E-state index is 0.0211. The Morgan fingerprint density at radius 2 is 1.93 bits per heavy atom. The summed E-state index contributed by atoms with van der Waals surface area (Å²) in [4.78, 5) is 27.1. The van der Waals surface area contributed by atoms with Crippen LogP contribution in [0.2, 0.25) is 5.02 Å². The number of hydrogen-bond acceptors (Lipinski definition) is 5. The minimum atomic E-state index is -0.572. The van der Waals surface area contributed by atoms with Crippen molar-refractivity contribution in [3.05, 3.63) is 41.4 Å². The van der Waals surface area contributed by atoms with Gasteiger partial charge in [-0.1, -0.05) is 11.6 Å². The monoisotopic (exact) mass is 391 g/mol. The number of piperazine rings is 1. The van der Waals surface area contributed by atoms with Crippen LogP contribution in [0.25, 0.3) is 0 Å². The van der Waals surface area contributed by atoms with Gasteiger partial charge in [0, 0.05) is 50.7 Å². The van der Waals surface area contributed by atoms with E-state index >= 15 is 0 Å². The summed E-state index contributed by atoms with van der Waals surface area (Å²) in [5.41, 5.74) is 0.412. The molecule has 1 aromatic carbocycles. The van der Waals surface area contributed by atoms with Gasteiger partial charge >= 0.3 is 6.03 Å². The van der Waals surface area contributed by atoms with Crippen molar-refractivity contribution < 1.29 is 13.9 Å². The molecule has 1 fully saturated rings. The Morgan fingerprint density at radius 3 is 2.63 bits per heavy atom. The van der Waals surface area contributed by atoms with E-state index in [1.54, 1.807) is 28.3 Å². The van der Waals surface area contributed by atoms with E-state index in [0.29, 0.717) is 50.2 Å². The molecule has 0 radical (unpaired) electrons. The third-order valence-electron chi connectivity index (χ3n) is 4.77. The highest BCUT2D eigenvalue weighted by Gasteiger charge is 2.34. The number of amides is 2. The molecule has 0 saturated carbocycles. The first-order chi connectivity index (χ1) is 13.0. The number of carbonyl (C=O) groups excluding carboxylic acids is 1. The molecule has 1 atom stereocenters. The first-order valence-electron chi connectivity index (χ1n) is 8.76. The van der Waals surface area contributed by atoms with Crippen LogP contribution in [0.15, 0.2) is 30.6 Å². The van der Waals surface area contributed by atoms with Gasteiger partial charge in [0.2, 0.25) is 5.95 Å². The number of benzene rings is 1. The quantitative estimate of drug-likeness (QED) is 0.748. The number of rotatable bonds is 1. The molecule has 1 unspecified atom stereocenters. The SMILES string of the molecule is CC1COc2cc(Cl)c(F)cc2N1C(=O)N1CCN(c2ncccn2)CC1. The van der Waals surface area contributed by atoms with Gasteiger partial charge in [0.25, 0.3) is 0 Å². The highest BCUT2D eigenvalue weighted by atomic mass is 35.5. The lowest BCUT2D eigenvalue weighted by atomic mass is 10.1. The van der Waals surface area contributed by atoms with Gasteiger partial charge in [-0.15, -0.1) is 0 Å². The van der Waals surface area contributed by atoms with Crippen LogP contribution in [0.1, 0.15) is 6.92 Å². The summed E-state index contributed by atoms with van der Waals surface area (Å²) in [6.07, 6.45) is 3.40. The van der Waals surface area contributed by atoms with Crippen molar-refractivity contribution in [3.63, 3.8) is 0 Å². The van der Waals surface area contributed by atoms with Gasteiger partial charge in [-0.25, -0.2) is 19.2 Å². The molecule has 2 aromatic rings. The van der Waals surface area contributed by atoms with E-state index in [1.807, 2.05) is 11.8 Å². The van der Waals surface area contributed by atoms with Crippen LogP contribution in [0, 0.1) is 5.82 Å². The van der Waals surface area contributed by atoms with Crippen LogP contribution in [0.3, 0.4) is 0 Å². The van der Waals surface area contributed by atoms with Crippen LogP contribution in [-0.2, 0) is 0 Å². The molecule has 0 aliphatic carbocycles.